The van der Waals surface area contributed by atoms with Gasteiger partial charge in [0.15, 0.2) is 0 Å². The van der Waals surface area contributed by atoms with Crippen molar-refractivity contribution in [3.05, 3.63) is 0 Å². The van der Waals surface area contributed by atoms with Crippen LogP contribution >= 0.6 is 0 Å². The predicted molar refractivity (Wildman–Crippen MR) is 73.0 cm³/mol. The maximum atomic E-state index is 13.1. The highest BCUT2D eigenvalue weighted by molar-refractivity contribution is 5.02. The van der Waals surface area contributed by atoms with E-state index in [0.717, 1.165) is 0 Å². The van der Waals surface area contributed by atoms with Gasteiger partial charge in [0.05, 0.1) is 18.1 Å². The number of nitrogens with zero attached hydrogens (tertiary/aromatic N) is 1. The average molecular weight is 310 g/mol. The van der Waals surface area contributed by atoms with Crippen molar-refractivity contribution in [3.8, 4) is 0 Å². The van der Waals surface area contributed by atoms with E-state index in [2.05, 4.69) is 4.90 Å². The SMILES string of the molecule is COC1CN(C2(CN)CCCC(C(F)(F)F)C2)CC1OC. The van der Waals surface area contributed by atoms with Crippen LogP contribution in [0.4, 0.5) is 13.2 Å². The second kappa shape index (κ2) is 6.40. The monoisotopic (exact) mass is 310 g/mol. The number of methoxy groups -OCH3 is 2. The Hall–Kier alpha value is -0.370. The summed E-state index contributed by atoms with van der Waals surface area (Å²) < 4.78 is 50.0. The maximum Gasteiger partial charge on any atom is 0.391 e. The minimum atomic E-state index is -4.14. The molecule has 0 aromatic heterocycles. The lowest BCUT2D eigenvalue weighted by molar-refractivity contribution is -0.193. The second-order valence-corrected chi connectivity index (χ2v) is 6.22. The Morgan fingerprint density at radius 2 is 1.76 bits per heavy atom. The molecule has 1 aliphatic carbocycles. The Balaban J connectivity index is 2.14. The first-order chi connectivity index (χ1) is 9.86. The quantitative estimate of drug-likeness (QED) is 0.860. The van der Waals surface area contributed by atoms with Crippen LogP contribution in [0.25, 0.3) is 0 Å². The lowest BCUT2D eigenvalue weighted by Crippen LogP contribution is -2.57. The van der Waals surface area contributed by atoms with Crippen LogP contribution in [0.2, 0.25) is 0 Å². The fraction of sp³-hybridized carbons (Fsp3) is 1.00. The minimum absolute atomic E-state index is 0.0832. The minimum Gasteiger partial charge on any atom is -0.377 e. The van der Waals surface area contributed by atoms with Gasteiger partial charge in [-0.25, -0.2) is 0 Å². The standard InChI is InChI=1S/C14H25F3N2O2/c1-20-11-7-19(8-12(11)21-2)13(9-18)5-3-4-10(6-13)14(15,16)17/h10-12H,3-9,18H2,1-2H3. The Morgan fingerprint density at radius 3 is 2.19 bits per heavy atom. The van der Waals surface area contributed by atoms with Crippen LogP contribution < -0.4 is 5.73 Å². The normalized spacial score (nSPS) is 38.9. The van der Waals surface area contributed by atoms with Crippen LogP contribution in [-0.2, 0) is 9.47 Å². The molecule has 0 spiro atoms. The van der Waals surface area contributed by atoms with E-state index >= 15 is 0 Å². The van der Waals surface area contributed by atoms with Crippen LogP contribution in [0.3, 0.4) is 0 Å². The highest BCUT2D eigenvalue weighted by Gasteiger charge is 2.51. The van der Waals surface area contributed by atoms with Crippen molar-refractivity contribution >= 4 is 0 Å². The van der Waals surface area contributed by atoms with E-state index < -0.39 is 17.6 Å². The number of halogens is 3. The third-order valence-electron chi connectivity index (χ3n) is 5.16. The molecule has 0 bridgehead atoms. The van der Waals surface area contributed by atoms with Gasteiger partial charge in [-0.05, 0) is 19.3 Å². The van der Waals surface area contributed by atoms with Crippen molar-refractivity contribution in [1.82, 2.24) is 4.90 Å². The number of hydrogen-bond donors (Lipinski definition) is 1. The van der Waals surface area contributed by atoms with Gasteiger partial charge in [0, 0.05) is 39.4 Å². The zero-order valence-electron chi connectivity index (χ0n) is 12.7. The molecule has 2 fully saturated rings. The van der Waals surface area contributed by atoms with Crippen molar-refractivity contribution in [2.75, 3.05) is 33.9 Å². The molecule has 0 amide bonds. The smallest absolute Gasteiger partial charge is 0.377 e. The Kier molecular flexibility index (Phi) is 5.18. The third kappa shape index (κ3) is 3.36. The van der Waals surface area contributed by atoms with E-state index in [4.69, 9.17) is 15.2 Å². The Morgan fingerprint density at radius 1 is 1.19 bits per heavy atom. The van der Waals surface area contributed by atoms with Crippen LogP contribution in [0, 0.1) is 5.92 Å². The summed E-state index contributed by atoms with van der Waals surface area (Å²) in [5.41, 5.74) is 5.33. The van der Waals surface area contributed by atoms with Crippen molar-refractivity contribution in [2.24, 2.45) is 11.7 Å². The van der Waals surface area contributed by atoms with Crippen molar-refractivity contribution in [2.45, 2.75) is 49.6 Å². The van der Waals surface area contributed by atoms with Gasteiger partial charge in [-0.1, -0.05) is 6.42 Å². The zero-order chi connectivity index (χ0) is 15.7. The first-order valence-corrected chi connectivity index (χ1v) is 7.43. The second-order valence-electron chi connectivity index (χ2n) is 6.22. The molecule has 21 heavy (non-hydrogen) atoms. The number of alkyl halides is 3. The average Bonchev–Trinajstić information content (AvgIpc) is 2.90. The van der Waals surface area contributed by atoms with E-state index in [1.54, 1.807) is 14.2 Å². The lowest BCUT2D eigenvalue weighted by atomic mass is 9.74. The molecule has 2 rings (SSSR count). The summed E-state index contributed by atoms with van der Waals surface area (Å²) in [4.78, 5) is 2.06. The van der Waals surface area contributed by atoms with Crippen molar-refractivity contribution in [3.63, 3.8) is 0 Å². The van der Waals surface area contributed by atoms with Crippen molar-refractivity contribution < 1.29 is 22.6 Å². The van der Waals surface area contributed by atoms with Crippen LogP contribution in [0.15, 0.2) is 0 Å². The molecule has 7 heteroatoms. The predicted octanol–water partition coefficient (Wildman–Crippen LogP) is 1.78. The van der Waals surface area contributed by atoms with Gasteiger partial charge < -0.3 is 15.2 Å². The van der Waals surface area contributed by atoms with E-state index in [1.807, 2.05) is 0 Å². The molecular weight excluding hydrogens is 285 g/mol. The molecule has 0 aromatic rings. The molecule has 4 atom stereocenters. The molecule has 2 N–H and O–H groups in total. The fourth-order valence-electron chi connectivity index (χ4n) is 3.81. The van der Waals surface area contributed by atoms with Gasteiger partial charge in [-0.2, -0.15) is 13.2 Å². The number of hydrogen-bond acceptors (Lipinski definition) is 4. The summed E-state index contributed by atoms with van der Waals surface area (Å²) in [6.45, 7) is 1.40. The van der Waals surface area contributed by atoms with Gasteiger partial charge in [0.1, 0.15) is 0 Å². The number of likely N-dealkylation sites (tertiary alicyclic amines) is 1. The Bertz CT molecular complexity index is 342. The van der Waals surface area contributed by atoms with Crippen LogP contribution in [0.1, 0.15) is 25.7 Å². The maximum absolute atomic E-state index is 13.1. The van der Waals surface area contributed by atoms with Gasteiger partial charge in [-0.15, -0.1) is 0 Å². The zero-order valence-corrected chi connectivity index (χ0v) is 12.7. The van der Waals surface area contributed by atoms with E-state index in [0.29, 0.717) is 25.9 Å². The molecule has 0 radical (unpaired) electrons. The first-order valence-electron chi connectivity index (χ1n) is 7.43. The van der Waals surface area contributed by atoms with Gasteiger partial charge >= 0.3 is 6.18 Å². The molecule has 1 saturated carbocycles. The lowest BCUT2D eigenvalue weighted by Gasteiger charge is -2.47. The molecule has 4 nitrogen and oxygen atoms in total. The first kappa shape index (κ1) is 17.0. The third-order valence-corrected chi connectivity index (χ3v) is 5.16. The van der Waals surface area contributed by atoms with E-state index in [9.17, 15) is 13.2 Å². The molecule has 1 heterocycles. The summed E-state index contributed by atoms with van der Waals surface area (Å²) in [6, 6.07) is 0. The molecule has 1 saturated heterocycles. The van der Waals surface area contributed by atoms with Crippen molar-refractivity contribution in [1.29, 1.82) is 0 Å². The van der Waals surface area contributed by atoms with Gasteiger partial charge in [0.2, 0.25) is 0 Å². The summed E-state index contributed by atoms with van der Waals surface area (Å²) >= 11 is 0. The topological polar surface area (TPSA) is 47.7 Å². The largest absolute Gasteiger partial charge is 0.391 e. The number of ether oxygens (including phenoxy) is 2. The fourth-order valence-corrected chi connectivity index (χ4v) is 3.81. The van der Waals surface area contributed by atoms with Crippen LogP contribution in [-0.4, -0.2) is 62.7 Å². The van der Waals surface area contributed by atoms with Gasteiger partial charge in [0.25, 0.3) is 0 Å². The Labute approximate surface area is 123 Å². The molecule has 4 unspecified atom stereocenters. The van der Waals surface area contributed by atoms with Crippen LogP contribution in [0.5, 0.6) is 0 Å². The van der Waals surface area contributed by atoms with E-state index in [-0.39, 0.29) is 31.6 Å². The molecule has 1 aliphatic heterocycles. The molecular formula is C14H25F3N2O2. The molecule has 124 valence electrons. The summed E-state index contributed by atoms with van der Waals surface area (Å²) in [6.07, 6.45) is -2.78. The van der Waals surface area contributed by atoms with Gasteiger partial charge in [-0.3, -0.25) is 4.90 Å². The van der Waals surface area contributed by atoms with E-state index in [1.165, 1.54) is 0 Å². The highest BCUT2D eigenvalue weighted by atomic mass is 19.4. The number of rotatable bonds is 4. The molecule has 2 aliphatic rings. The number of nitrogens with two attached hydrogens (primary N) is 1. The highest BCUT2D eigenvalue weighted by Crippen LogP contribution is 2.45. The summed E-state index contributed by atoms with van der Waals surface area (Å²) in [7, 11) is 3.21. The summed E-state index contributed by atoms with van der Waals surface area (Å²) in [5, 5.41) is 0. The summed E-state index contributed by atoms with van der Waals surface area (Å²) in [5.74, 6) is -1.25. The molecule has 0 aromatic carbocycles.